The molecule has 94 valence electrons. The largest absolute Gasteiger partial charge is 0.411 e. The van der Waals surface area contributed by atoms with Crippen LogP contribution >= 0.6 is 22.1 Å². The Balaban J connectivity index is 1.73. The number of hydrogen-bond donors (Lipinski definition) is 0. The van der Waals surface area contributed by atoms with Crippen molar-refractivity contribution in [1.82, 2.24) is 0 Å². The summed E-state index contributed by atoms with van der Waals surface area (Å²) in [6.07, 6.45) is 0. The number of hydrogen-bond acceptors (Lipinski definition) is 4. The summed E-state index contributed by atoms with van der Waals surface area (Å²) in [5.74, 6) is 1.65. The van der Waals surface area contributed by atoms with Gasteiger partial charge in [-0.05, 0) is 38.1 Å². The van der Waals surface area contributed by atoms with E-state index in [1.807, 2.05) is 62.4 Å². The fourth-order valence-electron chi connectivity index (χ4n) is 1.29. The maximum absolute atomic E-state index is 5.46. The van der Waals surface area contributed by atoms with Gasteiger partial charge in [-0.15, -0.1) is 0 Å². The zero-order valence-electron chi connectivity index (χ0n) is 10.3. The lowest BCUT2D eigenvalue weighted by Gasteiger charge is -2.04. The topological polar surface area (TPSA) is 18.5 Å². The molecule has 2 aromatic rings. The first-order chi connectivity index (χ1) is 8.74. The molecule has 0 aliphatic heterocycles. The molecule has 0 aromatic heterocycles. The molecule has 18 heavy (non-hydrogen) atoms. The lowest BCUT2D eigenvalue weighted by atomic mass is 10.2. The summed E-state index contributed by atoms with van der Waals surface area (Å²) in [7, 11) is 0. The van der Waals surface area contributed by atoms with Gasteiger partial charge in [-0.3, -0.25) is 0 Å². The molecule has 2 aromatic carbocycles. The van der Waals surface area contributed by atoms with Crippen LogP contribution in [-0.2, 0) is 0 Å². The molecule has 0 radical (unpaired) electrons. The van der Waals surface area contributed by atoms with Crippen LogP contribution in [0.25, 0.3) is 0 Å². The van der Waals surface area contributed by atoms with E-state index in [1.165, 1.54) is 33.3 Å². The highest BCUT2D eigenvalue weighted by molar-refractivity contribution is 8.73. The van der Waals surface area contributed by atoms with Crippen LogP contribution in [-0.4, -0.2) is 0 Å². The molecule has 0 N–H and O–H groups in total. The molecule has 0 saturated heterocycles. The van der Waals surface area contributed by atoms with Gasteiger partial charge in [0.2, 0.25) is 0 Å². The third-order valence-corrected chi connectivity index (χ3v) is 3.48. The third kappa shape index (κ3) is 4.20. The Labute approximate surface area is 116 Å². The Hall–Kier alpha value is -1.26. The molecular formula is C14H14O2S2. The minimum Gasteiger partial charge on any atom is -0.411 e. The molecule has 0 amide bonds. The van der Waals surface area contributed by atoms with Gasteiger partial charge >= 0.3 is 0 Å². The van der Waals surface area contributed by atoms with Gasteiger partial charge in [-0.1, -0.05) is 35.4 Å². The van der Waals surface area contributed by atoms with Gasteiger partial charge in [0.25, 0.3) is 0 Å². The zero-order valence-corrected chi connectivity index (χ0v) is 11.9. The average Bonchev–Trinajstić information content (AvgIpc) is 2.39. The van der Waals surface area contributed by atoms with Crippen molar-refractivity contribution in [1.29, 1.82) is 0 Å². The summed E-state index contributed by atoms with van der Waals surface area (Å²) in [5.41, 5.74) is 2.44. The lowest BCUT2D eigenvalue weighted by molar-refractivity contribution is 0.638. The van der Waals surface area contributed by atoms with Gasteiger partial charge < -0.3 is 8.37 Å². The van der Waals surface area contributed by atoms with Gasteiger partial charge in [-0.25, -0.2) is 0 Å². The van der Waals surface area contributed by atoms with Crippen molar-refractivity contribution >= 4 is 22.1 Å². The number of rotatable bonds is 5. The predicted molar refractivity (Wildman–Crippen MR) is 78.8 cm³/mol. The highest BCUT2D eigenvalue weighted by atomic mass is 33.1. The van der Waals surface area contributed by atoms with Gasteiger partial charge in [0, 0.05) is 0 Å². The van der Waals surface area contributed by atoms with E-state index in [4.69, 9.17) is 8.37 Å². The molecule has 2 rings (SSSR count). The van der Waals surface area contributed by atoms with Crippen molar-refractivity contribution in [2.75, 3.05) is 0 Å². The first-order valence-electron chi connectivity index (χ1n) is 5.55. The van der Waals surface area contributed by atoms with Crippen LogP contribution in [0.15, 0.2) is 48.5 Å². The molecule has 0 spiro atoms. The van der Waals surface area contributed by atoms with Crippen LogP contribution in [0.5, 0.6) is 11.5 Å². The van der Waals surface area contributed by atoms with E-state index in [1.54, 1.807) is 0 Å². The van der Waals surface area contributed by atoms with Crippen molar-refractivity contribution < 1.29 is 8.37 Å². The first kappa shape index (κ1) is 13.2. The van der Waals surface area contributed by atoms with Gasteiger partial charge in [-0.2, -0.15) is 0 Å². The highest BCUT2D eigenvalue weighted by Gasteiger charge is 1.98. The Morgan fingerprint density at radius 3 is 1.28 bits per heavy atom. The summed E-state index contributed by atoms with van der Waals surface area (Å²) in [6.45, 7) is 4.10. The Morgan fingerprint density at radius 1 is 0.611 bits per heavy atom. The molecule has 0 fully saturated rings. The summed E-state index contributed by atoms with van der Waals surface area (Å²) in [5, 5.41) is 0. The second-order valence-electron chi connectivity index (χ2n) is 3.93. The molecule has 0 bridgehead atoms. The van der Waals surface area contributed by atoms with Crippen LogP contribution < -0.4 is 8.37 Å². The summed E-state index contributed by atoms with van der Waals surface area (Å²) in [4.78, 5) is 0. The van der Waals surface area contributed by atoms with Crippen molar-refractivity contribution in [2.45, 2.75) is 13.8 Å². The van der Waals surface area contributed by atoms with E-state index < -0.39 is 0 Å². The molecule has 0 unspecified atom stereocenters. The molecule has 0 heterocycles. The molecule has 0 saturated carbocycles. The third-order valence-electron chi connectivity index (χ3n) is 2.33. The van der Waals surface area contributed by atoms with E-state index in [0.717, 1.165) is 11.5 Å². The quantitative estimate of drug-likeness (QED) is 0.436. The molecule has 0 atom stereocenters. The SMILES string of the molecule is Cc1ccc(OSSOc2ccc(C)cc2)cc1. The van der Waals surface area contributed by atoms with Crippen LogP contribution in [0.3, 0.4) is 0 Å². The van der Waals surface area contributed by atoms with E-state index in [2.05, 4.69) is 0 Å². The molecule has 0 aliphatic carbocycles. The van der Waals surface area contributed by atoms with Crippen molar-refractivity contribution in [3.05, 3.63) is 59.7 Å². The number of benzene rings is 2. The smallest absolute Gasteiger partial charge is 0.169 e. The maximum atomic E-state index is 5.46. The standard InChI is InChI=1S/C14H14O2S2/c1-11-3-7-13(8-4-11)15-17-18-16-14-9-5-12(2)6-10-14/h3-10H,1-2H3. The fraction of sp³-hybridized carbons (Fsp3) is 0.143. The minimum absolute atomic E-state index is 0.825. The van der Waals surface area contributed by atoms with Crippen molar-refractivity contribution in [3.63, 3.8) is 0 Å². The normalized spacial score (nSPS) is 10.1. The highest BCUT2D eigenvalue weighted by Crippen LogP contribution is 2.29. The van der Waals surface area contributed by atoms with Gasteiger partial charge in [0.15, 0.2) is 22.1 Å². The Bertz CT molecular complexity index is 433. The van der Waals surface area contributed by atoms with E-state index >= 15 is 0 Å². The van der Waals surface area contributed by atoms with Crippen LogP contribution in [0.4, 0.5) is 0 Å². The van der Waals surface area contributed by atoms with E-state index in [9.17, 15) is 0 Å². The zero-order chi connectivity index (χ0) is 12.8. The van der Waals surface area contributed by atoms with Crippen LogP contribution in [0.2, 0.25) is 0 Å². The van der Waals surface area contributed by atoms with Crippen molar-refractivity contribution in [3.8, 4) is 11.5 Å². The lowest BCUT2D eigenvalue weighted by Crippen LogP contribution is -1.82. The summed E-state index contributed by atoms with van der Waals surface area (Å²) in [6, 6.07) is 15.8. The second-order valence-corrected chi connectivity index (χ2v) is 5.35. The predicted octanol–water partition coefficient (Wildman–Crippen LogP) is 4.97. The van der Waals surface area contributed by atoms with Gasteiger partial charge in [0.1, 0.15) is 11.5 Å². The molecule has 2 nitrogen and oxygen atoms in total. The average molecular weight is 278 g/mol. The Morgan fingerprint density at radius 2 is 0.944 bits per heavy atom. The fourth-order valence-corrected chi connectivity index (χ4v) is 2.37. The van der Waals surface area contributed by atoms with Crippen LogP contribution in [0, 0.1) is 13.8 Å². The second kappa shape index (κ2) is 6.61. The van der Waals surface area contributed by atoms with Gasteiger partial charge in [0.05, 0.1) is 0 Å². The molecule has 4 heteroatoms. The Kier molecular flexibility index (Phi) is 4.84. The van der Waals surface area contributed by atoms with Crippen molar-refractivity contribution in [2.24, 2.45) is 0 Å². The van der Waals surface area contributed by atoms with E-state index in [0.29, 0.717) is 0 Å². The van der Waals surface area contributed by atoms with E-state index in [-0.39, 0.29) is 0 Å². The monoisotopic (exact) mass is 278 g/mol. The summed E-state index contributed by atoms with van der Waals surface area (Å²) < 4.78 is 10.9. The first-order valence-corrected chi connectivity index (χ1v) is 7.55. The van der Waals surface area contributed by atoms with Crippen LogP contribution in [0.1, 0.15) is 11.1 Å². The molecule has 0 aliphatic rings. The summed E-state index contributed by atoms with van der Waals surface area (Å²) >= 11 is 2.41. The number of aryl methyl sites for hydroxylation is 2. The maximum Gasteiger partial charge on any atom is 0.169 e. The minimum atomic E-state index is 0.825. The molecular weight excluding hydrogens is 264 g/mol.